The normalized spacial score (nSPS) is 14.0. The number of hydrogen-bond acceptors (Lipinski definition) is 5. The Labute approximate surface area is 199 Å². The molecule has 0 aromatic heterocycles. The highest BCUT2D eigenvalue weighted by atomic mass is 32.2. The molecule has 0 saturated carbocycles. The summed E-state index contributed by atoms with van der Waals surface area (Å²) in [5.74, 6) is -1.03. The summed E-state index contributed by atoms with van der Waals surface area (Å²) in [5, 5.41) is 5.63. The maximum atomic E-state index is 13.3. The summed E-state index contributed by atoms with van der Waals surface area (Å²) in [7, 11) is -2.21. The van der Waals surface area contributed by atoms with Crippen LogP contribution in [0.2, 0.25) is 0 Å². The van der Waals surface area contributed by atoms with E-state index in [4.69, 9.17) is 4.74 Å². The third kappa shape index (κ3) is 5.46. The lowest BCUT2D eigenvalue weighted by atomic mass is 10.00. The molecule has 0 radical (unpaired) electrons. The third-order valence-electron chi connectivity index (χ3n) is 5.84. The van der Waals surface area contributed by atoms with Crippen LogP contribution in [0.1, 0.15) is 29.0 Å². The molecule has 2 N–H and O–H groups in total. The van der Waals surface area contributed by atoms with Gasteiger partial charge < -0.3 is 15.4 Å². The van der Waals surface area contributed by atoms with Gasteiger partial charge in [-0.2, -0.15) is 0 Å². The first kappa shape index (κ1) is 23.5. The summed E-state index contributed by atoms with van der Waals surface area (Å²) in [4.78, 5) is 24.9. The second-order valence-corrected chi connectivity index (χ2v) is 10.2. The van der Waals surface area contributed by atoms with Gasteiger partial charge in [0.25, 0.3) is 0 Å². The quantitative estimate of drug-likeness (QED) is 0.516. The van der Waals surface area contributed by atoms with Gasteiger partial charge in [0.15, 0.2) is 9.84 Å². The van der Waals surface area contributed by atoms with E-state index < -0.39 is 15.8 Å². The number of carbonyl (C=O) groups is 2. The highest BCUT2D eigenvalue weighted by Gasteiger charge is 2.29. The van der Waals surface area contributed by atoms with Crippen LogP contribution >= 0.6 is 0 Å². The maximum Gasteiger partial charge on any atom is 0.228 e. The lowest BCUT2D eigenvalue weighted by molar-refractivity contribution is -0.122. The third-order valence-corrected chi connectivity index (χ3v) is 7.58. The van der Waals surface area contributed by atoms with Crippen molar-refractivity contribution in [3.05, 3.63) is 89.5 Å². The second kappa shape index (κ2) is 10.1. The van der Waals surface area contributed by atoms with Crippen LogP contribution in [0.15, 0.2) is 77.7 Å². The van der Waals surface area contributed by atoms with Crippen molar-refractivity contribution in [2.45, 2.75) is 30.2 Å². The van der Waals surface area contributed by atoms with E-state index in [0.29, 0.717) is 29.8 Å². The van der Waals surface area contributed by atoms with Gasteiger partial charge in [-0.1, -0.05) is 42.5 Å². The van der Waals surface area contributed by atoms with Gasteiger partial charge in [0.1, 0.15) is 5.75 Å². The SMILES string of the molecule is COc1cccc(CNC(=O)C(CS(=O)(=O)c2ccc3c(c2)CCC(=O)N3)c2ccccc2)c1. The summed E-state index contributed by atoms with van der Waals surface area (Å²) >= 11 is 0. The maximum absolute atomic E-state index is 13.3. The van der Waals surface area contributed by atoms with Gasteiger partial charge >= 0.3 is 0 Å². The molecule has 1 heterocycles. The molecule has 34 heavy (non-hydrogen) atoms. The monoisotopic (exact) mass is 478 g/mol. The Hall–Kier alpha value is -3.65. The number of hydrogen-bond donors (Lipinski definition) is 2. The van der Waals surface area contributed by atoms with Gasteiger partial charge in [-0.3, -0.25) is 9.59 Å². The van der Waals surface area contributed by atoms with E-state index in [2.05, 4.69) is 10.6 Å². The number of carbonyl (C=O) groups excluding carboxylic acids is 2. The highest BCUT2D eigenvalue weighted by molar-refractivity contribution is 7.91. The molecule has 0 bridgehead atoms. The topological polar surface area (TPSA) is 102 Å². The van der Waals surface area contributed by atoms with Crippen molar-refractivity contribution < 1.29 is 22.7 Å². The Bertz CT molecular complexity index is 1310. The number of ether oxygens (including phenoxy) is 1. The molecule has 1 atom stereocenters. The molecule has 0 aliphatic carbocycles. The zero-order chi connectivity index (χ0) is 24.1. The number of amides is 2. The number of sulfone groups is 1. The summed E-state index contributed by atoms with van der Waals surface area (Å²) in [6.45, 7) is 0.248. The van der Waals surface area contributed by atoms with Gasteiger partial charge in [-0.25, -0.2) is 8.42 Å². The van der Waals surface area contributed by atoms with E-state index >= 15 is 0 Å². The lowest BCUT2D eigenvalue weighted by Gasteiger charge is -2.20. The molecule has 176 valence electrons. The van der Waals surface area contributed by atoms with Crippen LogP contribution in [0.3, 0.4) is 0 Å². The standard InChI is InChI=1S/C26H26N2O5S/c1-33-21-9-5-6-18(14-21)16-27-26(30)23(19-7-3-2-4-8-19)17-34(31,32)22-11-12-24-20(15-22)10-13-25(29)28-24/h2-9,11-12,14-15,23H,10,13,16-17H2,1H3,(H,27,30)(H,28,29). The Morgan fingerprint density at radius 2 is 1.82 bits per heavy atom. The first-order valence-corrected chi connectivity index (χ1v) is 12.6. The molecule has 4 rings (SSSR count). The smallest absolute Gasteiger partial charge is 0.228 e. The second-order valence-electron chi connectivity index (χ2n) is 8.18. The molecule has 2 amide bonds. The number of rotatable bonds is 8. The minimum absolute atomic E-state index is 0.0834. The van der Waals surface area contributed by atoms with Crippen molar-refractivity contribution in [2.24, 2.45) is 0 Å². The molecule has 1 aliphatic rings. The minimum atomic E-state index is -3.79. The molecular weight excluding hydrogens is 452 g/mol. The van der Waals surface area contributed by atoms with Crippen LogP contribution in [0.5, 0.6) is 5.75 Å². The molecule has 1 unspecified atom stereocenters. The van der Waals surface area contributed by atoms with Crippen LogP contribution in [-0.2, 0) is 32.4 Å². The molecule has 1 aliphatic heterocycles. The lowest BCUT2D eigenvalue weighted by Crippen LogP contribution is -2.33. The number of benzene rings is 3. The van der Waals surface area contributed by atoms with Crippen LogP contribution < -0.4 is 15.4 Å². The molecule has 0 fully saturated rings. The number of anilines is 1. The average Bonchev–Trinajstić information content (AvgIpc) is 2.86. The van der Waals surface area contributed by atoms with Crippen LogP contribution in [-0.4, -0.2) is 33.1 Å². The van der Waals surface area contributed by atoms with Gasteiger partial charge in [-0.15, -0.1) is 0 Å². The fourth-order valence-electron chi connectivity index (χ4n) is 3.97. The Morgan fingerprint density at radius 1 is 1.03 bits per heavy atom. The molecule has 7 nitrogen and oxygen atoms in total. The summed E-state index contributed by atoms with van der Waals surface area (Å²) in [6, 6.07) is 20.9. The van der Waals surface area contributed by atoms with E-state index in [9.17, 15) is 18.0 Å². The molecule has 0 saturated heterocycles. The van der Waals surface area contributed by atoms with E-state index in [1.165, 1.54) is 6.07 Å². The molecule has 3 aromatic carbocycles. The zero-order valence-corrected chi connectivity index (χ0v) is 19.6. The number of nitrogens with one attached hydrogen (secondary N) is 2. The highest BCUT2D eigenvalue weighted by Crippen LogP contribution is 2.28. The molecule has 8 heteroatoms. The minimum Gasteiger partial charge on any atom is -0.497 e. The van der Waals surface area contributed by atoms with Crippen molar-refractivity contribution in [2.75, 3.05) is 18.2 Å². The number of aryl methyl sites for hydroxylation is 1. The largest absolute Gasteiger partial charge is 0.497 e. The molecule has 3 aromatic rings. The van der Waals surface area contributed by atoms with Crippen molar-refractivity contribution in [1.82, 2.24) is 5.32 Å². The Balaban J connectivity index is 1.56. The zero-order valence-electron chi connectivity index (χ0n) is 18.8. The van der Waals surface area contributed by atoms with Gasteiger partial charge in [0.2, 0.25) is 11.8 Å². The summed E-state index contributed by atoms with van der Waals surface area (Å²) in [6.07, 6.45) is 0.795. The van der Waals surface area contributed by atoms with E-state index in [1.54, 1.807) is 43.5 Å². The predicted octanol–water partition coefficient (Wildman–Crippen LogP) is 3.45. The Kier molecular flexibility index (Phi) is 6.98. The predicted molar refractivity (Wildman–Crippen MR) is 129 cm³/mol. The number of methoxy groups -OCH3 is 1. The van der Waals surface area contributed by atoms with E-state index in [1.807, 2.05) is 30.3 Å². The Morgan fingerprint density at radius 3 is 2.59 bits per heavy atom. The summed E-state index contributed by atoms with van der Waals surface area (Å²) < 4.78 is 31.9. The van der Waals surface area contributed by atoms with Crippen molar-refractivity contribution in [3.63, 3.8) is 0 Å². The number of fused-ring (bicyclic) bond motifs is 1. The van der Waals surface area contributed by atoms with Gasteiger partial charge in [0, 0.05) is 18.7 Å². The van der Waals surface area contributed by atoms with Crippen molar-refractivity contribution in [1.29, 1.82) is 0 Å². The van der Waals surface area contributed by atoms with E-state index in [0.717, 1.165) is 11.1 Å². The first-order valence-electron chi connectivity index (χ1n) is 11.0. The van der Waals surface area contributed by atoms with Crippen molar-refractivity contribution >= 4 is 27.3 Å². The fourth-order valence-corrected chi connectivity index (χ4v) is 5.54. The van der Waals surface area contributed by atoms with Crippen molar-refractivity contribution in [3.8, 4) is 5.75 Å². The van der Waals surface area contributed by atoms with Crippen LogP contribution in [0, 0.1) is 0 Å². The van der Waals surface area contributed by atoms with E-state index in [-0.39, 0.29) is 29.0 Å². The van der Waals surface area contributed by atoms with Gasteiger partial charge in [0.05, 0.1) is 23.7 Å². The summed E-state index contributed by atoms with van der Waals surface area (Å²) in [5.41, 5.74) is 2.88. The van der Waals surface area contributed by atoms with Gasteiger partial charge in [-0.05, 0) is 53.4 Å². The van der Waals surface area contributed by atoms with Crippen LogP contribution in [0.25, 0.3) is 0 Å². The average molecular weight is 479 g/mol. The first-order chi connectivity index (χ1) is 16.4. The molecular formula is C26H26N2O5S. The van der Waals surface area contributed by atoms with Crippen LogP contribution in [0.4, 0.5) is 5.69 Å². The fraction of sp³-hybridized carbons (Fsp3) is 0.231. The molecule has 0 spiro atoms.